The van der Waals surface area contributed by atoms with Crippen LogP contribution in [0.4, 0.5) is 0 Å². The van der Waals surface area contributed by atoms with E-state index in [9.17, 15) is 0 Å². The highest BCUT2D eigenvalue weighted by Gasteiger charge is 2.37. The van der Waals surface area contributed by atoms with Crippen molar-refractivity contribution in [2.75, 3.05) is 13.1 Å². The second kappa shape index (κ2) is 5.51. The van der Waals surface area contributed by atoms with Crippen molar-refractivity contribution in [3.63, 3.8) is 0 Å². The summed E-state index contributed by atoms with van der Waals surface area (Å²) in [6.07, 6.45) is 5.84. The third-order valence-corrected chi connectivity index (χ3v) is 3.53. The molecule has 2 heteroatoms. The number of hydrogen-bond acceptors (Lipinski definition) is 2. The first kappa shape index (κ1) is 12.5. The lowest BCUT2D eigenvalue weighted by atomic mass is 9.95. The molecule has 1 fully saturated rings. The molecule has 0 aromatic heterocycles. The molecule has 0 amide bonds. The maximum Gasteiger partial charge on any atom is 0.0625 e. The Balaban J connectivity index is 2.40. The van der Waals surface area contributed by atoms with Gasteiger partial charge in [-0.25, -0.2) is 0 Å². The zero-order valence-corrected chi connectivity index (χ0v) is 10.4. The first-order chi connectivity index (χ1) is 7.10. The summed E-state index contributed by atoms with van der Waals surface area (Å²) in [4.78, 5) is 2.57. The monoisotopic (exact) mass is 208 g/mol. The molecule has 0 aromatic rings. The molecule has 15 heavy (non-hydrogen) atoms. The summed E-state index contributed by atoms with van der Waals surface area (Å²) in [6, 6.07) is 2.31. The maximum atomic E-state index is 8.73. The van der Waals surface area contributed by atoms with E-state index in [-0.39, 0.29) is 0 Å². The van der Waals surface area contributed by atoms with Gasteiger partial charge in [0.25, 0.3) is 0 Å². The van der Waals surface area contributed by atoms with Gasteiger partial charge in [-0.1, -0.05) is 19.8 Å². The normalized spacial score (nSPS) is 25.3. The van der Waals surface area contributed by atoms with Gasteiger partial charge in [0.1, 0.15) is 0 Å². The summed E-state index contributed by atoms with van der Waals surface area (Å²) in [6.45, 7) is 9.22. The number of hydrogen-bond donors (Lipinski definition) is 0. The Hall–Kier alpha value is -0.550. The Kier molecular flexibility index (Phi) is 4.60. The zero-order chi connectivity index (χ0) is 11.3. The maximum absolute atomic E-state index is 8.73. The van der Waals surface area contributed by atoms with Crippen LogP contribution in [-0.2, 0) is 0 Å². The minimum Gasteiger partial charge on any atom is -0.298 e. The molecule has 2 nitrogen and oxygen atoms in total. The van der Waals surface area contributed by atoms with Crippen LogP contribution < -0.4 is 0 Å². The van der Waals surface area contributed by atoms with Gasteiger partial charge in [-0.3, -0.25) is 4.90 Å². The van der Waals surface area contributed by atoms with Crippen LogP contribution in [0.3, 0.4) is 0 Å². The molecule has 0 bridgehead atoms. The van der Waals surface area contributed by atoms with Crippen molar-refractivity contribution < 1.29 is 0 Å². The minimum atomic E-state index is 0.315. The van der Waals surface area contributed by atoms with Gasteiger partial charge in [-0.2, -0.15) is 5.26 Å². The van der Waals surface area contributed by atoms with Gasteiger partial charge in [-0.15, -0.1) is 0 Å². The van der Waals surface area contributed by atoms with Crippen LogP contribution in [0.25, 0.3) is 0 Å². The smallest absolute Gasteiger partial charge is 0.0625 e. The van der Waals surface area contributed by atoms with E-state index in [4.69, 9.17) is 5.26 Å². The Labute approximate surface area is 94.3 Å². The molecule has 1 aliphatic heterocycles. The highest BCUT2D eigenvalue weighted by molar-refractivity contribution is 4.95. The molecule has 1 aliphatic rings. The van der Waals surface area contributed by atoms with E-state index in [1.165, 1.54) is 32.2 Å². The highest BCUT2D eigenvalue weighted by Crippen LogP contribution is 2.34. The summed E-state index contributed by atoms with van der Waals surface area (Å²) >= 11 is 0. The number of nitrogens with zero attached hydrogens (tertiary/aromatic N) is 2. The van der Waals surface area contributed by atoms with Crippen molar-refractivity contribution in [2.45, 2.75) is 58.4 Å². The average Bonchev–Trinajstić information content (AvgIpc) is 2.42. The van der Waals surface area contributed by atoms with Crippen LogP contribution in [-0.4, -0.2) is 23.5 Å². The minimum absolute atomic E-state index is 0.315. The fourth-order valence-electron chi connectivity index (χ4n) is 2.67. The van der Waals surface area contributed by atoms with Crippen molar-refractivity contribution in [1.29, 1.82) is 5.26 Å². The van der Waals surface area contributed by atoms with Crippen molar-refractivity contribution in [2.24, 2.45) is 5.92 Å². The third kappa shape index (κ3) is 3.50. The van der Waals surface area contributed by atoms with Gasteiger partial charge in [0.2, 0.25) is 0 Å². The van der Waals surface area contributed by atoms with Crippen LogP contribution in [0.5, 0.6) is 0 Å². The molecule has 1 atom stereocenters. The van der Waals surface area contributed by atoms with Crippen LogP contribution in [0.2, 0.25) is 0 Å². The number of rotatable bonds is 5. The first-order valence-electron chi connectivity index (χ1n) is 6.22. The standard InChI is InChI=1S/C13H24N2/c1-4-5-6-9-15-11-12(7-8-14)10-13(15,2)3/h12H,4-7,9-11H2,1-3H3. The second-order valence-electron chi connectivity index (χ2n) is 5.40. The first-order valence-corrected chi connectivity index (χ1v) is 6.22. The van der Waals surface area contributed by atoms with Crippen LogP contribution >= 0.6 is 0 Å². The molecule has 0 N–H and O–H groups in total. The largest absolute Gasteiger partial charge is 0.298 e. The number of likely N-dealkylation sites (tertiary alicyclic amines) is 1. The SMILES string of the molecule is CCCCCN1CC(CC#N)CC1(C)C. The quantitative estimate of drug-likeness (QED) is 0.649. The molecule has 1 saturated heterocycles. The topological polar surface area (TPSA) is 27.0 Å². The number of unbranched alkanes of at least 4 members (excludes halogenated alkanes) is 2. The molecule has 1 unspecified atom stereocenters. The lowest BCUT2D eigenvalue weighted by Crippen LogP contribution is -2.38. The predicted octanol–water partition coefficient (Wildman–Crippen LogP) is 3.19. The van der Waals surface area contributed by atoms with Crippen LogP contribution in [0, 0.1) is 17.2 Å². The lowest BCUT2D eigenvalue weighted by molar-refractivity contribution is 0.171. The van der Waals surface area contributed by atoms with Gasteiger partial charge < -0.3 is 0 Å². The van der Waals surface area contributed by atoms with Gasteiger partial charge in [0.05, 0.1) is 6.07 Å². The molecule has 0 saturated carbocycles. The number of nitriles is 1. The Morgan fingerprint density at radius 2 is 2.13 bits per heavy atom. The van der Waals surface area contributed by atoms with Gasteiger partial charge in [-0.05, 0) is 39.2 Å². The van der Waals surface area contributed by atoms with E-state index in [0.29, 0.717) is 11.5 Å². The fourth-order valence-corrected chi connectivity index (χ4v) is 2.67. The summed E-state index contributed by atoms with van der Waals surface area (Å²) in [7, 11) is 0. The van der Waals surface area contributed by atoms with Gasteiger partial charge in [0, 0.05) is 18.5 Å². The molecule has 1 heterocycles. The van der Waals surface area contributed by atoms with Gasteiger partial charge >= 0.3 is 0 Å². The molecule has 0 aromatic carbocycles. The lowest BCUT2D eigenvalue weighted by Gasteiger charge is -2.31. The van der Waals surface area contributed by atoms with Gasteiger partial charge in [0.15, 0.2) is 0 Å². The third-order valence-electron chi connectivity index (χ3n) is 3.53. The van der Waals surface area contributed by atoms with E-state index in [1.54, 1.807) is 0 Å². The molecule has 1 rings (SSSR count). The summed E-state index contributed by atoms with van der Waals surface area (Å²) in [5.74, 6) is 0.603. The Morgan fingerprint density at radius 3 is 2.73 bits per heavy atom. The summed E-state index contributed by atoms with van der Waals surface area (Å²) in [5, 5.41) is 8.73. The fraction of sp³-hybridized carbons (Fsp3) is 0.923. The Bertz CT molecular complexity index is 227. The second-order valence-corrected chi connectivity index (χ2v) is 5.40. The van der Waals surface area contributed by atoms with Crippen LogP contribution in [0.1, 0.15) is 52.9 Å². The van der Waals surface area contributed by atoms with E-state index >= 15 is 0 Å². The summed E-state index contributed by atoms with van der Waals surface area (Å²) in [5.41, 5.74) is 0.315. The zero-order valence-electron chi connectivity index (χ0n) is 10.4. The predicted molar refractivity (Wildman–Crippen MR) is 63.5 cm³/mol. The van der Waals surface area contributed by atoms with E-state index in [0.717, 1.165) is 13.0 Å². The van der Waals surface area contributed by atoms with Crippen molar-refractivity contribution in [3.8, 4) is 6.07 Å². The summed E-state index contributed by atoms with van der Waals surface area (Å²) < 4.78 is 0. The van der Waals surface area contributed by atoms with E-state index < -0.39 is 0 Å². The van der Waals surface area contributed by atoms with E-state index in [2.05, 4.69) is 31.7 Å². The molecule has 0 aliphatic carbocycles. The van der Waals surface area contributed by atoms with E-state index in [1.807, 2.05) is 0 Å². The molecule has 0 spiro atoms. The van der Waals surface area contributed by atoms with Crippen molar-refractivity contribution >= 4 is 0 Å². The average molecular weight is 208 g/mol. The van der Waals surface area contributed by atoms with Crippen LogP contribution in [0.15, 0.2) is 0 Å². The highest BCUT2D eigenvalue weighted by atomic mass is 15.2. The molecular weight excluding hydrogens is 184 g/mol. The van der Waals surface area contributed by atoms with Crippen molar-refractivity contribution in [1.82, 2.24) is 4.90 Å². The molecule has 86 valence electrons. The molecular formula is C13H24N2. The molecule has 0 radical (unpaired) electrons. The van der Waals surface area contributed by atoms with Crippen molar-refractivity contribution in [3.05, 3.63) is 0 Å². The Morgan fingerprint density at radius 1 is 1.40 bits per heavy atom.